The van der Waals surface area contributed by atoms with Crippen LogP contribution < -0.4 is 15.4 Å². The van der Waals surface area contributed by atoms with E-state index in [1.165, 1.54) is 0 Å². The number of benzene rings is 1. The van der Waals surface area contributed by atoms with E-state index in [4.69, 9.17) is 9.47 Å². The number of aliphatic imine (C=N–C) groups is 1. The first-order chi connectivity index (χ1) is 12.0. The molecule has 2 rings (SSSR count). The van der Waals surface area contributed by atoms with Gasteiger partial charge in [0.15, 0.2) is 5.96 Å². The van der Waals surface area contributed by atoms with E-state index in [0.717, 1.165) is 56.7 Å². The van der Waals surface area contributed by atoms with Crippen LogP contribution in [0.5, 0.6) is 5.75 Å². The first-order valence-corrected chi connectivity index (χ1v) is 8.99. The van der Waals surface area contributed by atoms with Crippen LogP contribution in [0.3, 0.4) is 0 Å². The highest BCUT2D eigenvalue weighted by Gasteiger charge is 2.14. The van der Waals surface area contributed by atoms with E-state index in [2.05, 4.69) is 47.4 Å². The number of nitrogens with one attached hydrogen (secondary N) is 2. The van der Waals surface area contributed by atoms with Crippen LogP contribution in [0.15, 0.2) is 29.3 Å². The first-order valence-electron chi connectivity index (χ1n) is 8.99. The van der Waals surface area contributed by atoms with E-state index in [1.54, 1.807) is 7.05 Å². The lowest BCUT2D eigenvalue weighted by Crippen LogP contribution is -2.44. The molecule has 1 saturated heterocycles. The molecule has 1 fully saturated rings. The minimum absolute atomic E-state index is 0.214. The summed E-state index contributed by atoms with van der Waals surface area (Å²) in [5.41, 5.74) is 0.905. The number of hydrogen-bond acceptors (Lipinski definition) is 4. The maximum Gasteiger partial charge on any atom is 0.191 e. The second-order valence-electron chi connectivity index (χ2n) is 7.13. The van der Waals surface area contributed by atoms with E-state index < -0.39 is 0 Å². The van der Waals surface area contributed by atoms with E-state index in [9.17, 15) is 0 Å². The van der Waals surface area contributed by atoms with E-state index in [-0.39, 0.29) is 5.60 Å². The van der Waals surface area contributed by atoms with Gasteiger partial charge in [0.05, 0.1) is 13.2 Å². The van der Waals surface area contributed by atoms with Crippen LogP contribution in [0.4, 0.5) is 0 Å². The lowest BCUT2D eigenvalue weighted by Gasteiger charge is -2.27. The summed E-state index contributed by atoms with van der Waals surface area (Å²) in [6, 6.07) is 8.12. The highest BCUT2D eigenvalue weighted by molar-refractivity contribution is 5.79. The SMILES string of the molecule is CN=C(NCCN1CCOCC1)NCc1ccccc1OC(C)(C)C. The van der Waals surface area contributed by atoms with Gasteiger partial charge >= 0.3 is 0 Å². The van der Waals surface area contributed by atoms with Gasteiger partial charge in [-0.3, -0.25) is 9.89 Å². The van der Waals surface area contributed by atoms with Gasteiger partial charge in [-0.1, -0.05) is 18.2 Å². The molecule has 0 aromatic heterocycles. The van der Waals surface area contributed by atoms with Crippen molar-refractivity contribution in [3.05, 3.63) is 29.8 Å². The van der Waals surface area contributed by atoms with Crippen molar-refractivity contribution in [2.75, 3.05) is 46.4 Å². The van der Waals surface area contributed by atoms with E-state index in [1.807, 2.05) is 18.2 Å². The second kappa shape index (κ2) is 9.63. The average molecular weight is 348 g/mol. The van der Waals surface area contributed by atoms with Crippen LogP contribution in [0, 0.1) is 0 Å². The van der Waals surface area contributed by atoms with Crippen molar-refractivity contribution >= 4 is 5.96 Å². The minimum atomic E-state index is -0.214. The minimum Gasteiger partial charge on any atom is -0.488 e. The maximum absolute atomic E-state index is 6.04. The van der Waals surface area contributed by atoms with Crippen molar-refractivity contribution in [1.29, 1.82) is 0 Å². The standard InChI is InChI=1S/C19H32N4O2/c1-19(2,3)25-17-8-6-5-7-16(17)15-22-18(20-4)21-9-10-23-11-13-24-14-12-23/h5-8H,9-15H2,1-4H3,(H2,20,21,22). The van der Waals surface area contributed by atoms with Crippen LogP contribution >= 0.6 is 0 Å². The van der Waals surface area contributed by atoms with Crippen LogP contribution in [-0.2, 0) is 11.3 Å². The Kier molecular flexibility index (Phi) is 7.52. The summed E-state index contributed by atoms with van der Waals surface area (Å²) in [5, 5.41) is 6.74. The molecule has 0 spiro atoms. The molecule has 0 radical (unpaired) electrons. The van der Waals surface area contributed by atoms with E-state index >= 15 is 0 Å². The summed E-state index contributed by atoms with van der Waals surface area (Å²) in [6.45, 7) is 12.4. The van der Waals surface area contributed by atoms with Crippen LogP contribution in [0.1, 0.15) is 26.3 Å². The third kappa shape index (κ3) is 7.32. The van der Waals surface area contributed by atoms with Crippen LogP contribution in [0.2, 0.25) is 0 Å². The fourth-order valence-electron chi connectivity index (χ4n) is 2.64. The number of morpholine rings is 1. The van der Waals surface area contributed by atoms with Gasteiger partial charge in [-0.15, -0.1) is 0 Å². The van der Waals surface area contributed by atoms with Crippen LogP contribution in [-0.4, -0.2) is 62.9 Å². The van der Waals surface area contributed by atoms with Gasteiger partial charge in [0, 0.05) is 45.3 Å². The summed E-state index contributed by atoms with van der Waals surface area (Å²) in [7, 11) is 1.79. The van der Waals surface area contributed by atoms with Crippen molar-refractivity contribution in [2.24, 2.45) is 4.99 Å². The Morgan fingerprint density at radius 3 is 2.60 bits per heavy atom. The fraction of sp³-hybridized carbons (Fsp3) is 0.632. The Balaban J connectivity index is 1.80. The molecule has 1 aromatic rings. The Bertz CT molecular complexity index is 549. The Hall–Kier alpha value is -1.79. The third-order valence-corrected chi connectivity index (χ3v) is 3.88. The van der Waals surface area contributed by atoms with Gasteiger partial charge in [0.1, 0.15) is 11.4 Å². The summed E-state index contributed by atoms with van der Waals surface area (Å²) in [6.07, 6.45) is 0. The van der Waals surface area contributed by atoms with Gasteiger partial charge in [-0.05, 0) is 26.8 Å². The molecule has 0 aliphatic carbocycles. The van der Waals surface area contributed by atoms with Crippen LogP contribution in [0.25, 0.3) is 0 Å². The zero-order valence-corrected chi connectivity index (χ0v) is 16.0. The molecule has 1 aliphatic heterocycles. The Labute approximate surface area is 151 Å². The number of nitrogens with zero attached hydrogens (tertiary/aromatic N) is 2. The molecule has 0 atom stereocenters. The maximum atomic E-state index is 6.04. The van der Waals surface area contributed by atoms with Gasteiger partial charge in [-0.2, -0.15) is 0 Å². The van der Waals surface area contributed by atoms with Crippen molar-refractivity contribution in [2.45, 2.75) is 32.9 Å². The lowest BCUT2D eigenvalue weighted by molar-refractivity contribution is 0.0389. The molecular formula is C19H32N4O2. The zero-order chi connectivity index (χ0) is 18.1. The fourth-order valence-corrected chi connectivity index (χ4v) is 2.64. The largest absolute Gasteiger partial charge is 0.488 e. The normalized spacial score (nSPS) is 16.6. The zero-order valence-electron chi connectivity index (χ0n) is 16.0. The number of para-hydroxylation sites is 1. The van der Waals surface area contributed by atoms with Crippen molar-refractivity contribution < 1.29 is 9.47 Å². The third-order valence-electron chi connectivity index (χ3n) is 3.88. The number of guanidine groups is 1. The topological polar surface area (TPSA) is 58.1 Å². The number of ether oxygens (including phenoxy) is 2. The van der Waals surface area contributed by atoms with Gasteiger partial charge in [0.2, 0.25) is 0 Å². The predicted octanol–water partition coefficient (Wildman–Crippen LogP) is 1.86. The smallest absolute Gasteiger partial charge is 0.191 e. The lowest BCUT2D eigenvalue weighted by atomic mass is 10.1. The molecular weight excluding hydrogens is 316 g/mol. The molecule has 1 heterocycles. The highest BCUT2D eigenvalue weighted by atomic mass is 16.5. The molecule has 6 nitrogen and oxygen atoms in total. The Morgan fingerprint density at radius 1 is 1.20 bits per heavy atom. The van der Waals surface area contributed by atoms with Gasteiger partial charge in [0.25, 0.3) is 0 Å². The summed E-state index contributed by atoms with van der Waals surface area (Å²) < 4.78 is 11.4. The Morgan fingerprint density at radius 2 is 1.92 bits per heavy atom. The molecule has 0 amide bonds. The predicted molar refractivity (Wildman–Crippen MR) is 102 cm³/mol. The quantitative estimate of drug-likeness (QED) is 0.607. The van der Waals surface area contributed by atoms with Gasteiger partial charge < -0.3 is 20.1 Å². The summed E-state index contributed by atoms with van der Waals surface area (Å²) in [5.74, 6) is 1.71. The second-order valence-corrected chi connectivity index (χ2v) is 7.13. The molecule has 1 aliphatic rings. The summed E-state index contributed by atoms with van der Waals surface area (Å²) in [4.78, 5) is 6.70. The van der Waals surface area contributed by atoms with Crippen molar-refractivity contribution in [1.82, 2.24) is 15.5 Å². The highest BCUT2D eigenvalue weighted by Crippen LogP contribution is 2.22. The molecule has 0 unspecified atom stereocenters. The number of rotatable bonds is 6. The van der Waals surface area contributed by atoms with E-state index in [0.29, 0.717) is 6.54 Å². The molecule has 6 heteroatoms. The molecule has 25 heavy (non-hydrogen) atoms. The molecule has 1 aromatic carbocycles. The summed E-state index contributed by atoms with van der Waals surface area (Å²) >= 11 is 0. The molecule has 0 saturated carbocycles. The average Bonchev–Trinajstić information content (AvgIpc) is 2.58. The monoisotopic (exact) mass is 348 g/mol. The molecule has 140 valence electrons. The van der Waals surface area contributed by atoms with Crippen molar-refractivity contribution in [3.8, 4) is 5.75 Å². The molecule has 0 bridgehead atoms. The van der Waals surface area contributed by atoms with Crippen molar-refractivity contribution in [3.63, 3.8) is 0 Å². The number of hydrogen-bond donors (Lipinski definition) is 2. The van der Waals surface area contributed by atoms with Gasteiger partial charge in [-0.25, -0.2) is 0 Å². The first kappa shape index (κ1) is 19.5. The molecule has 2 N–H and O–H groups in total.